The van der Waals surface area contributed by atoms with Gasteiger partial charge in [0.1, 0.15) is 0 Å². The van der Waals surface area contributed by atoms with E-state index in [1.807, 2.05) is 6.26 Å². The highest BCUT2D eigenvalue weighted by atomic mass is 32.2. The van der Waals surface area contributed by atoms with Crippen molar-refractivity contribution in [1.82, 2.24) is 20.1 Å². The van der Waals surface area contributed by atoms with Crippen LogP contribution in [0.15, 0.2) is 18.3 Å². The molecule has 10 heteroatoms. The average Bonchev–Trinajstić information content (AvgIpc) is 3.00. The van der Waals surface area contributed by atoms with Gasteiger partial charge in [-0.2, -0.15) is 30.0 Å². The molecule has 1 saturated heterocycles. The first-order valence-corrected chi connectivity index (χ1v) is 10.9. The van der Waals surface area contributed by atoms with Gasteiger partial charge < -0.3 is 10.1 Å². The molecule has 3 rings (SSSR count). The average molecular weight is 443 g/mol. The van der Waals surface area contributed by atoms with Crippen LogP contribution in [0.2, 0.25) is 0 Å². The van der Waals surface area contributed by atoms with Crippen LogP contribution in [0.25, 0.3) is 5.82 Å². The van der Waals surface area contributed by atoms with Gasteiger partial charge in [-0.25, -0.2) is 9.67 Å². The van der Waals surface area contributed by atoms with Crippen molar-refractivity contribution < 1.29 is 22.7 Å². The molecule has 1 fully saturated rings. The zero-order chi connectivity index (χ0) is 21.9. The summed E-state index contributed by atoms with van der Waals surface area (Å²) in [5, 5.41) is 7.40. The quantitative estimate of drug-likeness (QED) is 0.742. The maximum Gasteiger partial charge on any atom is 0.417 e. The fourth-order valence-electron chi connectivity index (χ4n) is 3.51. The minimum atomic E-state index is -4.44. The Morgan fingerprint density at radius 2 is 2.00 bits per heavy atom. The molecule has 2 aromatic rings. The molecule has 30 heavy (non-hydrogen) atoms. The maximum absolute atomic E-state index is 12.8. The number of ether oxygens (including phenoxy) is 1. The monoisotopic (exact) mass is 442 g/mol. The third-order valence-electron chi connectivity index (χ3n) is 5.52. The van der Waals surface area contributed by atoms with Crippen molar-refractivity contribution in [2.45, 2.75) is 44.0 Å². The van der Waals surface area contributed by atoms with Gasteiger partial charge in [-0.3, -0.25) is 4.79 Å². The summed E-state index contributed by atoms with van der Waals surface area (Å²) in [6.45, 7) is 5.52. The van der Waals surface area contributed by atoms with Crippen LogP contribution in [-0.4, -0.2) is 51.4 Å². The number of halogens is 3. The van der Waals surface area contributed by atoms with Crippen LogP contribution in [0, 0.1) is 13.8 Å². The Hall–Kier alpha value is -2.07. The molecule has 6 nitrogen and oxygen atoms in total. The maximum atomic E-state index is 12.8. The lowest BCUT2D eigenvalue weighted by Gasteiger charge is -2.35. The Kier molecular flexibility index (Phi) is 6.76. The van der Waals surface area contributed by atoms with Crippen molar-refractivity contribution in [2.75, 3.05) is 26.0 Å². The molecular formula is C20H25F3N4O2S. The number of nitrogens with zero attached hydrogens (tertiary/aromatic N) is 3. The number of rotatable bonds is 6. The number of carbonyl (C=O) groups excluding carboxylic acids is 1. The standard InChI is InChI=1S/C20H25F3N4O2S/c1-13-16(10-18(28)25-12-19(30-3)6-8-29-9-7-19)14(2)27(26-13)17-5-4-15(11-24-17)20(21,22)23/h4-5,11H,6-10,12H2,1-3H3,(H,25,28). The summed E-state index contributed by atoms with van der Waals surface area (Å²) in [7, 11) is 0. The van der Waals surface area contributed by atoms with Crippen molar-refractivity contribution >= 4 is 17.7 Å². The fraction of sp³-hybridized carbons (Fsp3) is 0.550. The zero-order valence-corrected chi connectivity index (χ0v) is 18.0. The molecule has 0 atom stereocenters. The molecule has 0 aliphatic carbocycles. The number of hydrogen-bond acceptors (Lipinski definition) is 5. The Bertz CT molecular complexity index is 891. The number of thioether (sulfide) groups is 1. The highest BCUT2D eigenvalue weighted by Gasteiger charge is 2.32. The normalized spacial score (nSPS) is 16.5. The lowest BCUT2D eigenvalue weighted by Crippen LogP contribution is -2.44. The van der Waals surface area contributed by atoms with Crippen molar-refractivity contribution in [3.63, 3.8) is 0 Å². The van der Waals surface area contributed by atoms with Gasteiger partial charge in [0.05, 0.1) is 17.7 Å². The second-order valence-corrected chi connectivity index (χ2v) is 8.69. The summed E-state index contributed by atoms with van der Waals surface area (Å²) in [4.78, 5) is 16.5. The van der Waals surface area contributed by atoms with Crippen LogP contribution in [0.1, 0.15) is 35.4 Å². The smallest absolute Gasteiger partial charge is 0.381 e. The number of nitrogens with one attached hydrogen (secondary N) is 1. The van der Waals surface area contributed by atoms with Gasteiger partial charge in [-0.05, 0) is 45.1 Å². The zero-order valence-electron chi connectivity index (χ0n) is 17.2. The van der Waals surface area contributed by atoms with Crippen molar-refractivity contribution in [3.8, 4) is 5.82 Å². The number of carbonyl (C=O) groups is 1. The molecule has 1 amide bonds. The molecule has 1 aliphatic heterocycles. The van der Waals surface area contributed by atoms with Crippen molar-refractivity contribution in [1.29, 1.82) is 0 Å². The van der Waals surface area contributed by atoms with E-state index in [4.69, 9.17) is 4.74 Å². The highest BCUT2D eigenvalue weighted by molar-refractivity contribution is 8.00. The van der Waals surface area contributed by atoms with E-state index >= 15 is 0 Å². The van der Waals surface area contributed by atoms with E-state index in [-0.39, 0.29) is 22.9 Å². The fourth-order valence-corrected chi connectivity index (χ4v) is 4.30. The summed E-state index contributed by atoms with van der Waals surface area (Å²) in [5.41, 5.74) is 1.26. The second kappa shape index (κ2) is 8.97. The van der Waals surface area contributed by atoms with E-state index < -0.39 is 11.7 Å². The third-order valence-corrected chi connectivity index (χ3v) is 6.93. The van der Waals surface area contributed by atoms with Crippen molar-refractivity contribution in [3.05, 3.63) is 40.8 Å². The number of alkyl halides is 3. The summed E-state index contributed by atoms with van der Waals surface area (Å²) in [6.07, 6.45) is 0.330. The topological polar surface area (TPSA) is 69.0 Å². The first-order valence-electron chi connectivity index (χ1n) is 9.63. The Labute approximate surface area is 177 Å². The number of amides is 1. The van der Waals surface area contributed by atoms with Crippen LogP contribution in [0.4, 0.5) is 13.2 Å². The summed E-state index contributed by atoms with van der Waals surface area (Å²) in [6, 6.07) is 2.25. The predicted molar refractivity (Wildman–Crippen MR) is 109 cm³/mol. The van der Waals surface area contributed by atoms with Gasteiger partial charge in [0.15, 0.2) is 5.82 Å². The molecule has 164 valence electrons. The van der Waals surface area contributed by atoms with Gasteiger partial charge in [0, 0.05) is 42.0 Å². The molecule has 1 N–H and O–H groups in total. The molecule has 0 spiro atoms. The summed E-state index contributed by atoms with van der Waals surface area (Å²) >= 11 is 1.75. The van der Waals surface area contributed by atoms with E-state index in [9.17, 15) is 18.0 Å². The summed E-state index contributed by atoms with van der Waals surface area (Å²) in [5.74, 6) is 0.167. The van der Waals surface area contributed by atoms with Gasteiger partial charge in [0.25, 0.3) is 0 Å². The van der Waals surface area contributed by atoms with E-state index in [2.05, 4.69) is 15.4 Å². The highest BCUT2D eigenvalue weighted by Crippen LogP contribution is 2.33. The van der Waals surface area contributed by atoms with Gasteiger partial charge >= 0.3 is 6.18 Å². The Morgan fingerprint density at radius 1 is 1.30 bits per heavy atom. The lowest BCUT2D eigenvalue weighted by molar-refractivity contribution is -0.137. The molecule has 2 aromatic heterocycles. The van der Waals surface area contributed by atoms with Crippen LogP contribution in [0.5, 0.6) is 0 Å². The van der Waals surface area contributed by atoms with E-state index in [0.29, 0.717) is 31.1 Å². The minimum Gasteiger partial charge on any atom is -0.381 e. The molecular weight excluding hydrogens is 417 g/mol. The van der Waals surface area contributed by atoms with E-state index in [0.717, 1.165) is 30.7 Å². The van der Waals surface area contributed by atoms with Crippen LogP contribution < -0.4 is 5.32 Å². The Morgan fingerprint density at radius 3 is 2.57 bits per heavy atom. The largest absolute Gasteiger partial charge is 0.417 e. The SMILES string of the molecule is CSC1(CNC(=O)Cc2c(C)nn(-c3ccc(C(F)(F)F)cn3)c2C)CCOCC1. The van der Waals surface area contributed by atoms with Gasteiger partial charge in [0.2, 0.25) is 5.91 Å². The third kappa shape index (κ3) is 4.97. The molecule has 0 radical (unpaired) electrons. The number of pyridine rings is 1. The molecule has 0 aromatic carbocycles. The van der Waals surface area contributed by atoms with Crippen LogP contribution in [0.3, 0.4) is 0 Å². The van der Waals surface area contributed by atoms with E-state index in [1.54, 1.807) is 25.6 Å². The first kappa shape index (κ1) is 22.6. The van der Waals surface area contributed by atoms with Crippen molar-refractivity contribution in [2.24, 2.45) is 0 Å². The van der Waals surface area contributed by atoms with E-state index in [1.165, 1.54) is 10.7 Å². The number of aromatic nitrogens is 3. The second-order valence-electron chi connectivity index (χ2n) is 7.42. The van der Waals surface area contributed by atoms with Gasteiger partial charge in [-0.1, -0.05) is 0 Å². The lowest BCUT2D eigenvalue weighted by atomic mass is 9.99. The molecule has 0 unspecified atom stereocenters. The van der Waals surface area contributed by atoms with Gasteiger partial charge in [-0.15, -0.1) is 0 Å². The minimum absolute atomic E-state index is 0.00761. The first-order chi connectivity index (χ1) is 14.1. The number of hydrogen-bond donors (Lipinski definition) is 1. The molecule has 0 bridgehead atoms. The molecule has 0 saturated carbocycles. The molecule has 3 heterocycles. The predicted octanol–water partition coefficient (Wildman–Crippen LogP) is 3.47. The van der Waals surface area contributed by atoms with Crippen LogP contribution >= 0.6 is 11.8 Å². The summed E-state index contributed by atoms with van der Waals surface area (Å²) < 4.78 is 45.2. The van der Waals surface area contributed by atoms with Crippen LogP contribution in [-0.2, 0) is 22.1 Å². The molecule has 1 aliphatic rings. The number of aryl methyl sites for hydroxylation is 1. The Balaban J connectivity index is 1.70.